The average Bonchev–Trinajstić information content (AvgIpc) is 3.50. The smallest absolute Gasteiger partial charge is 0.231 e. The zero-order chi connectivity index (χ0) is 22.5. The Bertz CT molecular complexity index is 1280. The van der Waals surface area contributed by atoms with Gasteiger partial charge in [-0.25, -0.2) is 5.01 Å². The zero-order valence-electron chi connectivity index (χ0n) is 18.1. The van der Waals surface area contributed by atoms with Gasteiger partial charge in [0.05, 0.1) is 26.0 Å². The van der Waals surface area contributed by atoms with Gasteiger partial charge in [0.25, 0.3) is 0 Å². The molecule has 0 N–H and O–H groups in total. The van der Waals surface area contributed by atoms with Crippen molar-refractivity contribution >= 4 is 17.3 Å². The van der Waals surface area contributed by atoms with Crippen LogP contribution in [-0.4, -0.2) is 31.7 Å². The second-order valence-corrected chi connectivity index (χ2v) is 8.42. The Kier molecular flexibility index (Phi) is 4.73. The minimum atomic E-state index is -0.435. The summed E-state index contributed by atoms with van der Waals surface area (Å²) in [7, 11) is 3.24. The molecule has 0 aromatic heterocycles. The van der Waals surface area contributed by atoms with Gasteiger partial charge in [0.1, 0.15) is 5.75 Å². The lowest BCUT2D eigenvalue weighted by Crippen LogP contribution is -2.33. The van der Waals surface area contributed by atoms with Crippen LogP contribution < -0.4 is 23.7 Å². The maximum absolute atomic E-state index is 6.44. The Balaban J connectivity index is 1.43. The maximum Gasteiger partial charge on any atom is 0.231 e. The van der Waals surface area contributed by atoms with E-state index < -0.39 is 6.23 Å². The topological polar surface area (TPSA) is 61.8 Å². The predicted molar refractivity (Wildman–Crippen MR) is 123 cm³/mol. The van der Waals surface area contributed by atoms with Crippen LogP contribution in [0.2, 0.25) is 5.02 Å². The van der Waals surface area contributed by atoms with Gasteiger partial charge in [-0.3, -0.25) is 0 Å². The van der Waals surface area contributed by atoms with Crippen molar-refractivity contribution in [3.05, 3.63) is 76.3 Å². The first kappa shape index (κ1) is 20.1. The summed E-state index contributed by atoms with van der Waals surface area (Å²) in [6.07, 6.45) is 0.273. The number of hydrogen-bond donors (Lipinski definition) is 0. The van der Waals surface area contributed by atoms with E-state index in [0.29, 0.717) is 22.9 Å². The second-order valence-electron chi connectivity index (χ2n) is 7.98. The SMILES string of the molecule is COc1ccc([C@@H]2Oc3ccc(Cl)cc3[C@H]3CC(c4ccc5c(c4)OCO5)=NN32)cc1OC. The fourth-order valence-corrected chi connectivity index (χ4v) is 4.72. The van der Waals surface area contributed by atoms with Crippen LogP contribution in [0, 0.1) is 0 Å². The van der Waals surface area contributed by atoms with E-state index in [2.05, 4.69) is 0 Å². The van der Waals surface area contributed by atoms with E-state index >= 15 is 0 Å². The summed E-state index contributed by atoms with van der Waals surface area (Å²) >= 11 is 6.34. The Morgan fingerprint density at radius 1 is 0.909 bits per heavy atom. The minimum Gasteiger partial charge on any atom is -0.493 e. The van der Waals surface area contributed by atoms with Crippen molar-refractivity contribution in [1.29, 1.82) is 0 Å². The van der Waals surface area contributed by atoms with Crippen molar-refractivity contribution in [2.75, 3.05) is 21.0 Å². The Morgan fingerprint density at radius 3 is 2.58 bits per heavy atom. The summed E-state index contributed by atoms with van der Waals surface area (Å²) in [6, 6.07) is 17.4. The van der Waals surface area contributed by atoms with Crippen LogP contribution in [0.3, 0.4) is 0 Å². The van der Waals surface area contributed by atoms with Crippen LogP contribution in [0.5, 0.6) is 28.7 Å². The molecule has 3 aromatic carbocycles. The van der Waals surface area contributed by atoms with Gasteiger partial charge in [-0.05, 0) is 54.6 Å². The lowest BCUT2D eigenvalue weighted by atomic mass is 9.95. The van der Waals surface area contributed by atoms with E-state index in [1.165, 1.54) is 0 Å². The van der Waals surface area contributed by atoms with Gasteiger partial charge in [0.2, 0.25) is 13.0 Å². The molecule has 168 valence electrons. The molecule has 6 rings (SSSR count). The van der Waals surface area contributed by atoms with Gasteiger partial charge in [-0.2, -0.15) is 5.10 Å². The summed E-state index contributed by atoms with van der Waals surface area (Å²) in [6.45, 7) is 0.237. The molecule has 0 saturated carbocycles. The third kappa shape index (κ3) is 3.31. The van der Waals surface area contributed by atoms with E-state index in [1.54, 1.807) is 14.2 Å². The van der Waals surface area contributed by atoms with Crippen LogP contribution >= 0.6 is 11.6 Å². The normalized spacial score (nSPS) is 20.0. The fraction of sp³-hybridized carbons (Fsp3) is 0.240. The van der Waals surface area contributed by atoms with E-state index in [1.807, 2.05) is 59.6 Å². The number of benzene rings is 3. The Labute approximate surface area is 196 Å². The van der Waals surface area contributed by atoms with Gasteiger partial charge in [-0.15, -0.1) is 0 Å². The molecule has 2 atom stereocenters. The first-order valence-electron chi connectivity index (χ1n) is 10.6. The van der Waals surface area contributed by atoms with Crippen LogP contribution in [-0.2, 0) is 0 Å². The van der Waals surface area contributed by atoms with Crippen molar-refractivity contribution in [2.24, 2.45) is 5.10 Å². The molecular formula is C25H21ClN2O5. The highest BCUT2D eigenvalue weighted by molar-refractivity contribution is 6.30. The highest BCUT2D eigenvalue weighted by atomic mass is 35.5. The molecule has 0 fully saturated rings. The number of hydrogen-bond acceptors (Lipinski definition) is 7. The highest BCUT2D eigenvalue weighted by Gasteiger charge is 2.41. The summed E-state index contributed by atoms with van der Waals surface area (Å²) < 4.78 is 28.4. The van der Waals surface area contributed by atoms with Gasteiger partial charge < -0.3 is 23.7 Å². The monoisotopic (exact) mass is 464 g/mol. The molecule has 33 heavy (non-hydrogen) atoms. The molecule has 3 aliphatic heterocycles. The van der Waals surface area contributed by atoms with Gasteiger partial charge >= 0.3 is 0 Å². The summed E-state index contributed by atoms with van der Waals surface area (Å²) in [5, 5.41) is 7.67. The quantitative estimate of drug-likeness (QED) is 0.520. The Morgan fingerprint density at radius 2 is 1.73 bits per heavy atom. The summed E-state index contributed by atoms with van der Waals surface area (Å²) in [5.74, 6) is 3.57. The number of fused-ring (bicyclic) bond motifs is 4. The summed E-state index contributed by atoms with van der Waals surface area (Å²) in [4.78, 5) is 0. The predicted octanol–water partition coefficient (Wildman–Crippen LogP) is 5.33. The molecule has 3 heterocycles. The van der Waals surface area contributed by atoms with Crippen molar-refractivity contribution in [2.45, 2.75) is 18.7 Å². The number of halogens is 1. The molecule has 3 aliphatic rings. The van der Waals surface area contributed by atoms with Crippen molar-refractivity contribution in [3.8, 4) is 28.7 Å². The minimum absolute atomic E-state index is 0.0223. The van der Waals surface area contributed by atoms with E-state index in [4.69, 9.17) is 40.4 Å². The van der Waals surface area contributed by atoms with Crippen molar-refractivity contribution in [1.82, 2.24) is 5.01 Å². The van der Waals surface area contributed by atoms with Gasteiger partial charge in [0, 0.05) is 28.1 Å². The van der Waals surface area contributed by atoms with Crippen LogP contribution in [0.4, 0.5) is 0 Å². The number of ether oxygens (including phenoxy) is 5. The highest BCUT2D eigenvalue weighted by Crippen LogP contribution is 2.49. The third-order valence-corrected chi connectivity index (χ3v) is 6.39. The lowest BCUT2D eigenvalue weighted by molar-refractivity contribution is -0.0191. The molecule has 7 nitrogen and oxygen atoms in total. The molecule has 8 heteroatoms. The molecule has 0 unspecified atom stereocenters. The standard InChI is InChI=1S/C25H21ClN2O5/c1-29-21-6-4-15(10-23(21)30-2)25-28-19(17-11-16(26)5-8-20(17)33-25)12-18(27-28)14-3-7-22-24(9-14)32-13-31-22/h3-11,19,25H,12-13H2,1-2H3/t19-,25+/m1/s1. The van der Waals surface area contributed by atoms with E-state index in [-0.39, 0.29) is 12.8 Å². The fourth-order valence-electron chi connectivity index (χ4n) is 4.54. The largest absolute Gasteiger partial charge is 0.493 e. The number of methoxy groups -OCH3 is 2. The van der Waals surface area contributed by atoms with Crippen LogP contribution in [0.25, 0.3) is 0 Å². The third-order valence-electron chi connectivity index (χ3n) is 6.15. The van der Waals surface area contributed by atoms with Gasteiger partial charge in [-0.1, -0.05) is 11.6 Å². The molecule has 0 aliphatic carbocycles. The molecule has 0 spiro atoms. The van der Waals surface area contributed by atoms with Crippen molar-refractivity contribution < 1.29 is 23.7 Å². The van der Waals surface area contributed by atoms with E-state index in [0.717, 1.165) is 39.7 Å². The lowest BCUT2D eigenvalue weighted by Gasteiger charge is -2.38. The second kappa shape index (κ2) is 7.78. The number of rotatable bonds is 4. The molecule has 0 radical (unpaired) electrons. The number of hydrazone groups is 1. The molecule has 0 amide bonds. The van der Waals surface area contributed by atoms with Crippen molar-refractivity contribution in [3.63, 3.8) is 0 Å². The summed E-state index contributed by atoms with van der Waals surface area (Å²) in [5.41, 5.74) is 3.86. The van der Waals surface area contributed by atoms with Crippen LogP contribution in [0.15, 0.2) is 59.7 Å². The first-order valence-corrected chi connectivity index (χ1v) is 11.0. The first-order chi connectivity index (χ1) is 16.1. The number of nitrogens with zero attached hydrogens (tertiary/aromatic N) is 2. The van der Waals surface area contributed by atoms with E-state index in [9.17, 15) is 0 Å². The molecular weight excluding hydrogens is 444 g/mol. The maximum atomic E-state index is 6.44. The van der Waals surface area contributed by atoms with Gasteiger partial charge in [0.15, 0.2) is 23.0 Å². The van der Waals surface area contributed by atoms with Crippen LogP contribution in [0.1, 0.15) is 35.4 Å². The molecule has 0 saturated heterocycles. The zero-order valence-corrected chi connectivity index (χ0v) is 18.8. The Hall–Kier alpha value is -3.58. The molecule has 0 bridgehead atoms. The molecule has 3 aromatic rings. The average molecular weight is 465 g/mol.